The monoisotopic (exact) mass is 325 g/mol. The van der Waals surface area contributed by atoms with Crippen LogP contribution in [0.15, 0.2) is 24.3 Å². The molecule has 1 saturated heterocycles. The molecule has 0 unspecified atom stereocenters. The summed E-state index contributed by atoms with van der Waals surface area (Å²) in [5.41, 5.74) is 0. The topological polar surface area (TPSA) is 35.6 Å². The molecule has 1 N–H and O–H groups in total. The molecule has 0 atom stereocenters. The average molecular weight is 325 g/mol. The molecule has 0 aromatic carbocycles. The summed E-state index contributed by atoms with van der Waals surface area (Å²) >= 11 is 1.21. The number of likely N-dealkylation sites (N-methyl/N-ethyl adjacent to an activating group) is 1. The first-order valence-electron chi connectivity index (χ1n) is 7.61. The molecular weight excluding hydrogens is 301 g/mol. The molecule has 1 aromatic rings. The van der Waals surface area contributed by atoms with E-state index in [9.17, 15) is 9.18 Å². The predicted molar refractivity (Wildman–Crippen MR) is 88.4 cm³/mol. The van der Waals surface area contributed by atoms with Gasteiger partial charge in [0.05, 0.1) is 0 Å². The van der Waals surface area contributed by atoms with Gasteiger partial charge in [-0.05, 0) is 39.1 Å². The fraction of sp³-hybridized carbons (Fsp3) is 0.562. The van der Waals surface area contributed by atoms with Crippen LogP contribution in [0.1, 0.15) is 17.7 Å². The Balaban J connectivity index is 1.68. The number of hydrogen-bond donors (Lipinski definition) is 1. The number of nitrogens with zero attached hydrogens (tertiary/aromatic N) is 2. The molecule has 0 saturated carbocycles. The Morgan fingerprint density at radius 2 is 2.18 bits per heavy atom. The number of piperidine rings is 1. The number of halogens is 1. The molecule has 0 spiro atoms. The van der Waals surface area contributed by atoms with Gasteiger partial charge in [0.1, 0.15) is 0 Å². The van der Waals surface area contributed by atoms with E-state index in [1.54, 1.807) is 6.08 Å². The van der Waals surface area contributed by atoms with Gasteiger partial charge in [0, 0.05) is 43.2 Å². The minimum absolute atomic E-state index is 0.0133. The standard InChI is InChI=1S/C16H24FN3OS/c1-19(2)9-3-4-16(21)18-13-7-10-20(11-8-13)12-14-5-6-15(17)22-14/h3-6,13H,7-12H2,1-2H3,(H,18,21)/b4-3+. The number of carbonyl (C=O) groups is 1. The fourth-order valence-electron chi connectivity index (χ4n) is 2.51. The van der Waals surface area contributed by atoms with Crippen molar-refractivity contribution in [2.24, 2.45) is 0 Å². The second-order valence-corrected chi connectivity index (χ2v) is 7.05. The summed E-state index contributed by atoms with van der Waals surface area (Å²) < 4.78 is 13.0. The van der Waals surface area contributed by atoms with Crippen molar-refractivity contribution in [3.05, 3.63) is 34.3 Å². The van der Waals surface area contributed by atoms with E-state index >= 15 is 0 Å². The first-order valence-corrected chi connectivity index (χ1v) is 8.43. The van der Waals surface area contributed by atoms with Gasteiger partial charge in [-0.25, -0.2) is 0 Å². The van der Waals surface area contributed by atoms with E-state index in [1.807, 2.05) is 31.1 Å². The molecule has 2 heterocycles. The highest BCUT2D eigenvalue weighted by Gasteiger charge is 2.20. The maximum absolute atomic E-state index is 13.0. The summed E-state index contributed by atoms with van der Waals surface area (Å²) in [5, 5.41) is 2.93. The van der Waals surface area contributed by atoms with Gasteiger partial charge in [-0.3, -0.25) is 9.69 Å². The van der Waals surface area contributed by atoms with Gasteiger partial charge in [0.2, 0.25) is 5.91 Å². The third kappa shape index (κ3) is 5.87. The Bertz CT molecular complexity index is 507. The van der Waals surface area contributed by atoms with Crippen molar-refractivity contribution in [2.45, 2.75) is 25.4 Å². The summed E-state index contributed by atoms with van der Waals surface area (Å²) in [7, 11) is 3.94. The largest absolute Gasteiger partial charge is 0.350 e. The van der Waals surface area contributed by atoms with Crippen molar-refractivity contribution in [2.75, 3.05) is 33.7 Å². The Morgan fingerprint density at radius 3 is 2.77 bits per heavy atom. The second kappa shape index (κ2) is 8.41. The lowest BCUT2D eigenvalue weighted by Gasteiger charge is -2.31. The van der Waals surface area contributed by atoms with E-state index in [0.717, 1.165) is 43.9 Å². The highest BCUT2D eigenvalue weighted by Crippen LogP contribution is 2.19. The average Bonchev–Trinajstić information content (AvgIpc) is 2.86. The van der Waals surface area contributed by atoms with E-state index in [4.69, 9.17) is 0 Å². The molecule has 1 aromatic heterocycles. The maximum atomic E-state index is 13.0. The van der Waals surface area contributed by atoms with Crippen molar-refractivity contribution in [1.82, 2.24) is 15.1 Å². The van der Waals surface area contributed by atoms with Crippen LogP contribution in [-0.4, -0.2) is 55.5 Å². The Labute approximate surface area is 135 Å². The summed E-state index contributed by atoms with van der Waals surface area (Å²) in [4.78, 5) is 17.2. The van der Waals surface area contributed by atoms with E-state index < -0.39 is 0 Å². The van der Waals surface area contributed by atoms with E-state index in [0.29, 0.717) is 0 Å². The number of rotatable bonds is 6. The van der Waals surface area contributed by atoms with Crippen LogP contribution >= 0.6 is 11.3 Å². The Hall–Kier alpha value is -1.24. The SMILES string of the molecule is CN(C)C/C=C/C(=O)NC1CCN(Cc2ccc(F)s2)CC1. The number of thiophene rings is 1. The van der Waals surface area contributed by atoms with Crippen LogP contribution in [0, 0.1) is 5.13 Å². The van der Waals surface area contributed by atoms with Gasteiger partial charge in [0.25, 0.3) is 0 Å². The predicted octanol–water partition coefficient (Wildman–Crippen LogP) is 2.09. The highest BCUT2D eigenvalue weighted by molar-refractivity contribution is 7.10. The molecule has 0 radical (unpaired) electrons. The molecule has 1 aliphatic rings. The zero-order chi connectivity index (χ0) is 15.9. The zero-order valence-corrected chi connectivity index (χ0v) is 14.0. The number of carbonyl (C=O) groups excluding carboxylic acids is 1. The molecule has 1 amide bonds. The van der Waals surface area contributed by atoms with Crippen LogP contribution in [0.25, 0.3) is 0 Å². The van der Waals surface area contributed by atoms with Crippen molar-refractivity contribution in [3.63, 3.8) is 0 Å². The van der Waals surface area contributed by atoms with Crippen molar-refractivity contribution in [3.8, 4) is 0 Å². The third-order valence-corrected chi connectivity index (χ3v) is 4.54. The van der Waals surface area contributed by atoms with Crippen LogP contribution < -0.4 is 5.32 Å². The van der Waals surface area contributed by atoms with Gasteiger partial charge in [-0.15, -0.1) is 11.3 Å². The maximum Gasteiger partial charge on any atom is 0.243 e. The second-order valence-electron chi connectivity index (χ2n) is 5.93. The lowest BCUT2D eigenvalue weighted by molar-refractivity contribution is -0.117. The van der Waals surface area contributed by atoms with Gasteiger partial charge in [-0.1, -0.05) is 6.08 Å². The van der Waals surface area contributed by atoms with Crippen LogP contribution in [-0.2, 0) is 11.3 Å². The third-order valence-electron chi connectivity index (χ3n) is 3.68. The Kier molecular flexibility index (Phi) is 6.54. The lowest BCUT2D eigenvalue weighted by atomic mass is 10.0. The fourth-order valence-corrected chi connectivity index (χ4v) is 3.28. The molecule has 122 valence electrons. The van der Waals surface area contributed by atoms with Gasteiger partial charge < -0.3 is 10.2 Å². The summed E-state index contributed by atoms with van der Waals surface area (Å²) in [6, 6.07) is 3.61. The van der Waals surface area contributed by atoms with Gasteiger partial charge in [0.15, 0.2) is 5.13 Å². The summed E-state index contributed by atoms with van der Waals surface area (Å²) in [6.07, 6.45) is 5.37. The van der Waals surface area contributed by atoms with Gasteiger partial charge in [-0.2, -0.15) is 4.39 Å². The molecule has 22 heavy (non-hydrogen) atoms. The molecule has 1 fully saturated rings. The lowest BCUT2D eigenvalue weighted by Crippen LogP contribution is -2.43. The molecule has 0 bridgehead atoms. The summed E-state index contributed by atoms with van der Waals surface area (Å²) in [6.45, 7) is 3.44. The minimum Gasteiger partial charge on any atom is -0.350 e. The highest BCUT2D eigenvalue weighted by atomic mass is 32.1. The molecule has 0 aliphatic carbocycles. The van der Waals surface area contributed by atoms with E-state index in [2.05, 4.69) is 10.2 Å². The van der Waals surface area contributed by atoms with E-state index in [1.165, 1.54) is 17.4 Å². The summed E-state index contributed by atoms with van der Waals surface area (Å²) in [5.74, 6) is -0.0133. The van der Waals surface area contributed by atoms with Crippen LogP contribution in [0.4, 0.5) is 4.39 Å². The van der Waals surface area contributed by atoms with Crippen molar-refractivity contribution in [1.29, 1.82) is 0 Å². The van der Waals surface area contributed by atoms with Gasteiger partial charge >= 0.3 is 0 Å². The van der Waals surface area contributed by atoms with Crippen molar-refractivity contribution < 1.29 is 9.18 Å². The Morgan fingerprint density at radius 1 is 1.45 bits per heavy atom. The van der Waals surface area contributed by atoms with E-state index in [-0.39, 0.29) is 17.1 Å². The molecule has 6 heteroatoms. The minimum atomic E-state index is -0.123. The molecular formula is C16H24FN3OS. The van der Waals surface area contributed by atoms with Crippen LogP contribution in [0.2, 0.25) is 0 Å². The number of amides is 1. The smallest absolute Gasteiger partial charge is 0.243 e. The van der Waals surface area contributed by atoms with Crippen LogP contribution in [0.5, 0.6) is 0 Å². The molecule has 1 aliphatic heterocycles. The quantitative estimate of drug-likeness (QED) is 0.814. The number of likely N-dealkylation sites (tertiary alicyclic amines) is 1. The molecule has 4 nitrogen and oxygen atoms in total. The molecule has 2 rings (SSSR count). The number of hydrogen-bond acceptors (Lipinski definition) is 4. The zero-order valence-electron chi connectivity index (χ0n) is 13.2. The van der Waals surface area contributed by atoms with Crippen molar-refractivity contribution >= 4 is 17.2 Å². The van der Waals surface area contributed by atoms with Crippen LogP contribution in [0.3, 0.4) is 0 Å². The first kappa shape index (κ1) is 17.1. The first-order chi connectivity index (χ1) is 10.5. The number of nitrogens with one attached hydrogen (secondary N) is 1. The normalized spacial score (nSPS) is 17.5.